The summed E-state index contributed by atoms with van der Waals surface area (Å²) in [6.07, 6.45) is 1.39. The number of benzene rings is 2. The highest BCUT2D eigenvalue weighted by atomic mass is 35.5. The second-order valence-corrected chi connectivity index (χ2v) is 8.07. The maximum Gasteiger partial charge on any atom is 0.253 e. The van der Waals surface area contributed by atoms with E-state index in [2.05, 4.69) is 0 Å². The standard InChI is InChI=1S/C22H21ClFNO3/c1-13-10-18-19(14(2)20(13)23)17(26)12-22(28-18)6-8-25(9-7-22)21(27)15-4-3-5-16(24)11-15/h3-5,10-11H,6-9,12H2,1-2H3. The van der Waals surface area contributed by atoms with E-state index in [-0.39, 0.29) is 18.1 Å². The second kappa shape index (κ2) is 6.89. The number of hydrogen-bond donors (Lipinski definition) is 0. The fourth-order valence-electron chi connectivity index (χ4n) is 4.20. The van der Waals surface area contributed by atoms with Crippen molar-refractivity contribution in [2.24, 2.45) is 0 Å². The maximum absolute atomic E-state index is 13.4. The van der Waals surface area contributed by atoms with Gasteiger partial charge in [-0.25, -0.2) is 4.39 Å². The Morgan fingerprint density at radius 3 is 2.61 bits per heavy atom. The molecule has 2 heterocycles. The Kier molecular flexibility index (Phi) is 4.66. The summed E-state index contributed by atoms with van der Waals surface area (Å²) in [5, 5.41) is 0.599. The molecule has 0 saturated carbocycles. The van der Waals surface area contributed by atoms with Crippen molar-refractivity contribution in [3.05, 3.63) is 63.4 Å². The van der Waals surface area contributed by atoms with Gasteiger partial charge < -0.3 is 9.64 Å². The van der Waals surface area contributed by atoms with E-state index in [0.717, 1.165) is 11.1 Å². The molecule has 0 radical (unpaired) electrons. The van der Waals surface area contributed by atoms with Crippen LogP contribution in [0.2, 0.25) is 5.02 Å². The Hall–Kier alpha value is -2.40. The largest absolute Gasteiger partial charge is 0.486 e. The van der Waals surface area contributed by atoms with Crippen molar-refractivity contribution in [2.45, 2.75) is 38.7 Å². The molecule has 1 fully saturated rings. The first-order chi connectivity index (χ1) is 13.3. The Morgan fingerprint density at radius 1 is 1.21 bits per heavy atom. The molecule has 6 heteroatoms. The van der Waals surface area contributed by atoms with Gasteiger partial charge in [-0.15, -0.1) is 0 Å². The molecule has 0 unspecified atom stereocenters. The fourth-order valence-corrected chi connectivity index (χ4v) is 4.35. The van der Waals surface area contributed by atoms with Gasteiger partial charge in [0.25, 0.3) is 5.91 Å². The molecule has 0 aliphatic carbocycles. The average molecular weight is 402 g/mol. The summed E-state index contributed by atoms with van der Waals surface area (Å²) in [7, 11) is 0. The van der Waals surface area contributed by atoms with Gasteiger partial charge in [0.15, 0.2) is 5.78 Å². The number of piperidine rings is 1. The van der Waals surface area contributed by atoms with Gasteiger partial charge in [-0.05, 0) is 49.2 Å². The van der Waals surface area contributed by atoms with Crippen molar-refractivity contribution in [3.8, 4) is 5.75 Å². The predicted octanol–water partition coefficient (Wildman–Crippen LogP) is 4.74. The quantitative estimate of drug-likeness (QED) is 0.693. The Bertz CT molecular complexity index is 980. The third-order valence-corrected chi connectivity index (χ3v) is 6.35. The summed E-state index contributed by atoms with van der Waals surface area (Å²) in [5.41, 5.74) is 1.94. The molecule has 1 amide bonds. The van der Waals surface area contributed by atoms with Crippen LogP contribution >= 0.6 is 11.6 Å². The Labute approximate surface area is 168 Å². The van der Waals surface area contributed by atoms with Gasteiger partial charge in [0.2, 0.25) is 0 Å². The van der Waals surface area contributed by atoms with Crippen LogP contribution in [0.15, 0.2) is 30.3 Å². The Morgan fingerprint density at radius 2 is 1.93 bits per heavy atom. The lowest BCUT2D eigenvalue weighted by Gasteiger charge is -2.44. The van der Waals surface area contributed by atoms with Crippen molar-refractivity contribution in [1.29, 1.82) is 0 Å². The fraction of sp³-hybridized carbons (Fsp3) is 0.364. The first kappa shape index (κ1) is 18.9. The minimum atomic E-state index is -0.602. The summed E-state index contributed by atoms with van der Waals surface area (Å²) < 4.78 is 19.7. The Balaban J connectivity index is 1.53. The van der Waals surface area contributed by atoms with Crippen LogP contribution in [-0.4, -0.2) is 35.3 Å². The highest BCUT2D eigenvalue weighted by Gasteiger charge is 2.44. The zero-order valence-electron chi connectivity index (χ0n) is 15.9. The van der Waals surface area contributed by atoms with E-state index in [4.69, 9.17) is 16.3 Å². The second-order valence-electron chi connectivity index (χ2n) is 7.69. The molecule has 4 rings (SSSR count). The minimum Gasteiger partial charge on any atom is -0.486 e. The monoisotopic (exact) mass is 401 g/mol. The van der Waals surface area contributed by atoms with Gasteiger partial charge in [-0.3, -0.25) is 9.59 Å². The highest BCUT2D eigenvalue weighted by Crippen LogP contribution is 2.43. The topological polar surface area (TPSA) is 46.6 Å². The molecule has 0 N–H and O–H groups in total. The number of likely N-dealkylation sites (tertiary alicyclic amines) is 1. The molecule has 28 heavy (non-hydrogen) atoms. The molecule has 0 aromatic heterocycles. The van der Waals surface area contributed by atoms with E-state index < -0.39 is 11.4 Å². The smallest absolute Gasteiger partial charge is 0.253 e. The summed E-state index contributed by atoms with van der Waals surface area (Å²) in [6.45, 7) is 4.66. The van der Waals surface area contributed by atoms with E-state index in [1.54, 1.807) is 11.0 Å². The molecule has 146 valence electrons. The average Bonchev–Trinajstić information content (AvgIpc) is 2.66. The molecule has 4 nitrogen and oxygen atoms in total. The molecule has 1 spiro atoms. The highest BCUT2D eigenvalue weighted by molar-refractivity contribution is 6.32. The molecule has 2 aliphatic rings. The molecule has 0 atom stereocenters. The van der Waals surface area contributed by atoms with E-state index in [9.17, 15) is 14.0 Å². The molecule has 2 aromatic carbocycles. The van der Waals surface area contributed by atoms with Crippen molar-refractivity contribution >= 4 is 23.3 Å². The molecule has 2 aromatic rings. The number of amides is 1. The normalized spacial score (nSPS) is 18.0. The van der Waals surface area contributed by atoms with E-state index in [1.165, 1.54) is 18.2 Å². The van der Waals surface area contributed by atoms with Crippen LogP contribution in [0, 0.1) is 19.7 Å². The van der Waals surface area contributed by atoms with Crippen molar-refractivity contribution < 1.29 is 18.7 Å². The number of halogens is 2. The number of Topliss-reactive ketones (excluding diaryl/α,β-unsaturated/α-hetero) is 1. The number of carbonyl (C=O) groups excluding carboxylic acids is 2. The van der Waals surface area contributed by atoms with Gasteiger partial charge in [0, 0.05) is 36.5 Å². The van der Waals surface area contributed by atoms with E-state index in [1.807, 2.05) is 19.9 Å². The van der Waals surface area contributed by atoms with Crippen LogP contribution < -0.4 is 4.74 Å². The van der Waals surface area contributed by atoms with Crippen LogP contribution in [0.4, 0.5) is 4.39 Å². The lowest BCUT2D eigenvalue weighted by molar-refractivity contribution is -0.00582. The van der Waals surface area contributed by atoms with E-state index in [0.29, 0.717) is 47.8 Å². The lowest BCUT2D eigenvalue weighted by atomic mass is 9.81. The number of fused-ring (bicyclic) bond motifs is 1. The molecular formula is C22H21ClFNO3. The van der Waals surface area contributed by atoms with Crippen LogP contribution in [0.5, 0.6) is 5.75 Å². The van der Waals surface area contributed by atoms with E-state index >= 15 is 0 Å². The summed E-state index contributed by atoms with van der Waals surface area (Å²) in [4.78, 5) is 27.2. The minimum absolute atomic E-state index is 0.0329. The van der Waals surface area contributed by atoms with Crippen LogP contribution in [0.1, 0.15) is 51.1 Å². The van der Waals surface area contributed by atoms with Crippen LogP contribution in [0.3, 0.4) is 0 Å². The van der Waals surface area contributed by atoms with Gasteiger partial charge in [0.1, 0.15) is 17.2 Å². The third kappa shape index (κ3) is 3.18. The molecule has 2 aliphatic heterocycles. The predicted molar refractivity (Wildman–Crippen MR) is 105 cm³/mol. The number of aryl methyl sites for hydroxylation is 1. The number of ether oxygens (including phenoxy) is 1. The summed E-state index contributed by atoms with van der Waals surface area (Å²) in [6, 6.07) is 7.54. The van der Waals surface area contributed by atoms with Crippen molar-refractivity contribution in [3.63, 3.8) is 0 Å². The zero-order chi connectivity index (χ0) is 20.1. The third-order valence-electron chi connectivity index (χ3n) is 5.77. The zero-order valence-corrected chi connectivity index (χ0v) is 16.6. The van der Waals surface area contributed by atoms with Gasteiger partial charge in [-0.2, -0.15) is 0 Å². The number of hydrogen-bond acceptors (Lipinski definition) is 3. The number of ketones is 1. The van der Waals surface area contributed by atoms with Gasteiger partial charge >= 0.3 is 0 Å². The molecular weight excluding hydrogens is 381 g/mol. The maximum atomic E-state index is 13.4. The number of carbonyl (C=O) groups is 2. The van der Waals surface area contributed by atoms with Crippen molar-refractivity contribution in [2.75, 3.05) is 13.1 Å². The lowest BCUT2D eigenvalue weighted by Crippen LogP contribution is -2.52. The molecule has 0 bridgehead atoms. The van der Waals surface area contributed by atoms with Crippen LogP contribution in [0.25, 0.3) is 0 Å². The summed E-state index contributed by atoms with van der Waals surface area (Å²) in [5.74, 6) is -0.0111. The van der Waals surface area contributed by atoms with Gasteiger partial charge in [0.05, 0.1) is 12.0 Å². The van der Waals surface area contributed by atoms with Crippen molar-refractivity contribution in [1.82, 2.24) is 4.90 Å². The molecule has 1 saturated heterocycles. The number of rotatable bonds is 1. The van der Waals surface area contributed by atoms with Crippen LogP contribution in [-0.2, 0) is 0 Å². The number of nitrogens with zero attached hydrogens (tertiary/aromatic N) is 1. The van der Waals surface area contributed by atoms with Gasteiger partial charge in [-0.1, -0.05) is 17.7 Å². The first-order valence-electron chi connectivity index (χ1n) is 9.36. The first-order valence-corrected chi connectivity index (χ1v) is 9.74. The summed E-state index contributed by atoms with van der Waals surface area (Å²) >= 11 is 6.30. The SMILES string of the molecule is Cc1cc2c(c(C)c1Cl)C(=O)CC1(CCN(C(=O)c3cccc(F)c3)CC1)O2.